The molecule has 1 amide bonds. The molecule has 0 atom stereocenters. The molecule has 19 heavy (non-hydrogen) atoms. The van der Waals surface area contributed by atoms with Crippen LogP contribution >= 0.6 is 15.9 Å². The summed E-state index contributed by atoms with van der Waals surface area (Å²) in [6.45, 7) is 0.645. The summed E-state index contributed by atoms with van der Waals surface area (Å²) in [5, 5.41) is 0.723. The second-order valence-electron chi connectivity index (χ2n) is 4.72. The van der Waals surface area contributed by atoms with Crippen molar-refractivity contribution in [3.8, 4) is 0 Å². The van der Waals surface area contributed by atoms with Crippen LogP contribution in [0.5, 0.6) is 0 Å². The van der Waals surface area contributed by atoms with Gasteiger partial charge in [-0.3, -0.25) is 4.79 Å². The number of rotatable bonds is 5. The topological polar surface area (TPSA) is 54.5 Å². The maximum absolute atomic E-state index is 12.4. The van der Waals surface area contributed by atoms with Crippen molar-refractivity contribution >= 4 is 31.7 Å². The van der Waals surface area contributed by atoms with Crippen molar-refractivity contribution in [3.05, 3.63) is 29.8 Å². The van der Waals surface area contributed by atoms with Crippen LogP contribution in [0.4, 0.5) is 0 Å². The minimum absolute atomic E-state index is 0.0903. The van der Waals surface area contributed by atoms with Crippen LogP contribution in [-0.2, 0) is 9.84 Å². The Kier molecular flexibility index (Phi) is 4.30. The Balaban J connectivity index is 2.27. The molecule has 0 N–H and O–H groups in total. The lowest BCUT2D eigenvalue weighted by Gasteiger charge is -2.21. The smallest absolute Gasteiger partial charge is 0.254 e. The molecule has 0 saturated heterocycles. The Labute approximate surface area is 121 Å². The summed E-state index contributed by atoms with van der Waals surface area (Å²) in [4.78, 5) is 14.4. The molecule has 2 rings (SSSR count). The molecule has 0 radical (unpaired) electrons. The largest absolute Gasteiger partial charge is 0.335 e. The molecule has 1 aliphatic rings. The van der Waals surface area contributed by atoms with Crippen molar-refractivity contribution in [2.24, 2.45) is 0 Å². The number of halogens is 1. The predicted octanol–water partition coefficient (Wildman–Crippen LogP) is 2.09. The molecule has 0 heterocycles. The van der Waals surface area contributed by atoms with E-state index in [9.17, 15) is 13.2 Å². The fourth-order valence-corrected chi connectivity index (χ4v) is 3.00. The van der Waals surface area contributed by atoms with Crippen molar-refractivity contribution in [1.82, 2.24) is 4.90 Å². The lowest BCUT2D eigenvalue weighted by Crippen LogP contribution is -2.34. The summed E-state index contributed by atoms with van der Waals surface area (Å²) in [6.07, 6.45) is 3.21. The highest BCUT2D eigenvalue weighted by molar-refractivity contribution is 9.09. The lowest BCUT2D eigenvalue weighted by atomic mass is 10.2. The monoisotopic (exact) mass is 345 g/mol. The van der Waals surface area contributed by atoms with Gasteiger partial charge < -0.3 is 4.90 Å². The fourth-order valence-electron chi connectivity index (χ4n) is 1.95. The van der Waals surface area contributed by atoms with Crippen LogP contribution in [0.2, 0.25) is 0 Å². The average molecular weight is 346 g/mol. The first-order valence-electron chi connectivity index (χ1n) is 6.10. The molecule has 1 saturated carbocycles. The SMILES string of the molecule is CS(=O)(=O)c1cccc(C(=O)N(CCBr)C2CC2)c1. The Hall–Kier alpha value is -0.880. The zero-order valence-electron chi connectivity index (χ0n) is 10.7. The second kappa shape index (κ2) is 5.63. The van der Waals surface area contributed by atoms with Crippen LogP contribution in [0.15, 0.2) is 29.2 Å². The molecule has 1 aliphatic carbocycles. The van der Waals surface area contributed by atoms with Crippen molar-refractivity contribution in [1.29, 1.82) is 0 Å². The molecule has 0 bridgehead atoms. The number of benzene rings is 1. The minimum atomic E-state index is -3.28. The van der Waals surface area contributed by atoms with Gasteiger partial charge >= 0.3 is 0 Å². The van der Waals surface area contributed by atoms with Gasteiger partial charge in [-0.25, -0.2) is 8.42 Å². The number of hydrogen-bond acceptors (Lipinski definition) is 3. The molecule has 0 unspecified atom stereocenters. The van der Waals surface area contributed by atoms with Gasteiger partial charge in [0.15, 0.2) is 9.84 Å². The Morgan fingerprint density at radius 1 is 1.42 bits per heavy atom. The first-order valence-corrected chi connectivity index (χ1v) is 9.12. The molecule has 0 aromatic heterocycles. The van der Waals surface area contributed by atoms with E-state index in [-0.39, 0.29) is 10.8 Å². The molecule has 0 aliphatic heterocycles. The fraction of sp³-hybridized carbons (Fsp3) is 0.462. The lowest BCUT2D eigenvalue weighted by molar-refractivity contribution is 0.0754. The van der Waals surface area contributed by atoms with Gasteiger partial charge in [-0.2, -0.15) is 0 Å². The molecule has 4 nitrogen and oxygen atoms in total. The summed E-state index contributed by atoms with van der Waals surface area (Å²) >= 11 is 3.34. The van der Waals surface area contributed by atoms with Gasteiger partial charge in [-0.1, -0.05) is 22.0 Å². The summed E-state index contributed by atoms with van der Waals surface area (Å²) in [5.74, 6) is -0.0903. The van der Waals surface area contributed by atoms with E-state index in [2.05, 4.69) is 15.9 Å². The maximum atomic E-state index is 12.4. The minimum Gasteiger partial charge on any atom is -0.335 e. The zero-order valence-corrected chi connectivity index (χ0v) is 13.1. The van der Waals surface area contributed by atoms with Crippen molar-refractivity contribution in [3.63, 3.8) is 0 Å². The van der Waals surface area contributed by atoms with Crippen LogP contribution in [0.1, 0.15) is 23.2 Å². The average Bonchev–Trinajstić information content (AvgIpc) is 3.18. The molecule has 1 aromatic carbocycles. The number of sulfone groups is 1. The van der Waals surface area contributed by atoms with Gasteiger partial charge in [0.25, 0.3) is 5.91 Å². The number of nitrogens with zero attached hydrogens (tertiary/aromatic N) is 1. The molecule has 1 aromatic rings. The molecule has 104 valence electrons. The Morgan fingerprint density at radius 3 is 2.63 bits per heavy atom. The number of carbonyl (C=O) groups excluding carboxylic acids is 1. The van der Waals surface area contributed by atoms with Crippen molar-refractivity contribution in [2.45, 2.75) is 23.8 Å². The molecule has 6 heteroatoms. The van der Waals surface area contributed by atoms with E-state index in [0.29, 0.717) is 18.2 Å². The van der Waals surface area contributed by atoms with E-state index in [1.807, 2.05) is 4.90 Å². The summed E-state index contributed by atoms with van der Waals surface area (Å²) < 4.78 is 23.0. The van der Waals surface area contributed by atoms with Crippen LogP contribution in [0.25, 0.3) is 0 Å². The normalized spacial score (nSPS) is 15.3. The van der Waals surface area contributed by atoms with E-state index < -0.39 is 9.84 Å². The Morgan fingerprint density at radius 2 is 2.11 bits per heavy atom. The highest BCUT2D eigenvalue weighted by Crippen LogP contribution is 2.28. The quantitative estimate of drug-likeness (QED) is 0.767. The highest BCUT2D eigenvalue weighted by atomic mass is 79.9. The summed E-state index contributed by atoms with van der Waals surface area (Å²) in [7, 11) is -3.28. The van der Waals surface area contributed by atoms with Crippen molar-refractivity contribution < 1.29 is 13.2 Å². The van der Waals surface area contributed by atoms with E-state index in [1.165, 1.54) is 12.1 Å². The molecular formula is C13H16BrNO3S. The zero-order chi connectivity index (χ0) is 14.0. The Bertz CT molecular complexity index is 581. The van der Waals surface area contributed by atoms with Crippen LogP contribution in [0, 0.1) is 0 Å². The third kappa shape index (κ3) is 3.57. The van der Waals surface area contributed by atoms with E-state index in [4.69, 9.17) is 0 Å². The van der Waals surface area contributed by atoms with Crippen molar-refractivity contribution in [2.75, 3.05) is 18.1 Å². The van der Waals surface area contributed by atoms with E-state index >= 15 is 0 Å². The number of carbonyl (C=O) groups is 1. The van der Waals surface area contributed by atoms with Gasteiger partial charge in [0, 0.05) is 29.7 Å². The first-order chi connectivity index (χ1) is 8.93. The highest BCUT2D eigenvalue weighted by Gasteiger charge is 2.32. The van der Waals surface area contributed by atoms with Gasteiger partial charge in [0.2, 0.25) is 0 Å². The third-order valence-corrected chi connectivity index (χ3v) is 4.55. The molecule has 1 fully saturated rings. The molecular weight excluding hydrogens is 330 g/mol. The number of alkyl halides is 1. The van der Waals surface area contributed by atoms with Gasteiger partial charge in [0.05, 0.1) is 4.90 Å². The van der Waals surface area contributed by atoms with Crippen LogP contribution < -0.4 is 0 Å². The van der Waals surface area contributed by atoms with Gasteiger partial charge in [-0.05, 0) is 31.0 Å². The van der Waals surface area contributed by atoms with E-state index in [0.717, 1.165) is 24.4 Å². The first kappa shape index (κ1) is 14.5. The number of hydrogen-bond donors (Lipinski definition) is 0. The van der Waals surface area contributed by atoms with Crippen LogP contribution in [-0.4, -0.2) is 43.4 Å². The standard InChI is InChI=1S/C13H16BrNO3S/c1-19(17,18)12-4-2-3-10(9-12)13(16)15(8-7-14)11-5-6-11/h2-4,9,11H,5-8H2,1H3. The third-order valence-electron chi connectivity index (χ3n) is 3.08. The summed E-state index contributed by atoms with van der Waals surface area (Å²) in [5.41, 5.74) is 0.441. The number of amides is 1. The predicted molar refractivity (Wildman–Crippen MR) is 77.4 cm³/mol. The summed E-state index contributed by atoms with van der Waals surface area (Å²) in [6, 6.07) is 6.56. The second-order valence-corrected chi connectivity index (χ2v) is 7.53. The van der Waals surface area contributed by atoms with Gasteiger partial charge in [-0.15, -0.1) is 0 Å². The van der Waals surface area contributed by atoms with E-state index in [1.54, 1.807) is 12.1 Å². The van der Waals surface area contributed by atoms with Crippen LogP contribution in [0.3, 0.4) is 0 Å². The molecule has 0 spiro atoms. The maximum Gasteiger partial charge on any atom is 0.254 e. The van der Waals surface area contributed by atoms with Gasteiger partial charge in [0.1, 0.15) is 0 Å².